The molecular weight excluding hydrogens is 359 g/mol. The highest BCUT2D eigenvalue weighted by atomic mass is 32.1. The maximum atomic E-state index is 11.8. The summed E-state index contributed by atoms with van der Waals surface area (Å²) in [5.41, 5.74) is 0.192. The van der Waals surface area contributed by atoms with Crippen LogP contribution < -0.4 is 5.46 Å². The highest BCUT2D eigenvalue weighted by Gasteiger charge is 2.53. The Kier molecular flexibility index (Phi) is 4.91. The number of rotatable bonds is 4. The molecule has 1 fully saturated rings. The standard InChI is InChI=1S/C20H27BO3SSi/c1-13(22)23-20(11-16(12-20)24-26(5,6)19(2,3)4)18-9-14-7-8-15(21)10-17(14)25-18/h7-10,16H,11-12H2,1-6H3. The van der Waals surface area contributed by atoms with Crippen LogP contribution in [0.1, 0.15) is 45.4 Å². The zero-order valence-electron chi connectivity index (χ0n) is 16.5. The highest BCUT2D eigenvalue weighted by Crippen LogP contribution is 2.52. The number of carbonyl (C=O) groups is 1. The van der Waals surface area contributed by atoms with Gasteiger partial charge in [0, 0.05) is 29.3 Å². The van der Waals surface area contributed by atoms with Crippen LogP contribution in [0.4, 0.5) is 0 Å². The van der Waals surface area contributed by atoms with Crippen molar-refractivity contribution in [2.24, 2.45) is 0 Å². The highest BCUT2D eigenvalue weighted by molar-refractivity contribution is 7.19. The van der Waals surface area contributed by atoms with E-state index in [1.54, 1.807) is 11.3 Å². The summed E-state index contributed by atoms with van der Waals surface area (Å²) in [4.78, 5) is 12.9. The summed E-state index contributed by atoms with van der Waals surface area (Å²) in [6.45, 7) is 12.7. The van der Waals surface area contributed by atoms with Crippen LogP contribution in [-0.2, 0) is 19.6 Å². The molecule has 2 aromatic rings. The molecule has 0 N–H and O–H groups in total. The molecule has 0 bridgehead atoms. The number of thiophene rings is 1. The van der Waals surface area contributed by atoms with E-state index >= 15 is 0 Å². The van der Waals surface area contributed by atoms with Crippen molar-refractivity contribution in [3.63, 3.8) is 0 Å². The molecule has 2 radical (unpaired) electrons. The second kappa shape index (κ2) is 6.50. The van der Waals surface area contributed by atoms with E-state index in [2.05, 4.69) is 39.9 Å². The molecule has 0 saturated heterocycles. The number of hydrogen-bond acceptors (Lipinski definition) is 4. The molecule has 1 aromatic carbocycles. The van der Waals surface area contributed by atoms with Gasteiger partial charge in [-0.1, -0.05) is 44.4 Å². The van der Waals surface area contributed by atoms with E-state index in [4.69, 9.17) is 17.0 Å². The third-order valence-corrected chi connectivity index (χ3v) is 11.5. The lowest BCUT2D eigenvalue weighted by Gasteiger charge is -2.50. The lowest BCUT2D eigenvalue weighted by Crippen LogP contribution is -2.54. The third-order valence-electron chi connectivity index (χ3n) is 5.71. The molecular formula is C20H27BO3SSi. The van der Waals surface area contributed by atoms with Crippen molar-refractivity contribution in [1.29, 1.82) is 0 Å². The van der Waals surface area contributed by atoms with Crippen LogP contribution in [0.15, 0.2) is 24.3 Å². The van der Waals surface area contributed by atoms with Gasteiger partial charge in [0.25, 0.3) is 0 Å². The van der Waals surface area contributed by atoms with Crippen molar-refractivity contribution >= 4 is 49.0 Å². The first kappa shape index (κ1) is 19.6. The summed E-state index contributed by atoms with van der Waals surface area (Å²) >= 11 is 1.66. The van der Waals surface area contributed by atoms with Gasteiger partial charge in [-0.3, -0.25) is 4.79 Å². The Morgan fingerprint density at radius 3 is 2.50 bits per heavy atom. The normalized spacial score (nSPS) is 23.7. The summed E-state index contributed by atoms with van der Waals surface area (Å²) in [5, 5.41) is 1.31. The summed E-state index contributed by atoms with van der Waals surface area (Å²) in [5.74, 6) is -0.243. The fourth-order valence-corrected chi connectivity index (χ4v) is 5.85. The largest absolute Gasteiger partial charge is 0.453 e. The van der Waals surface area contributed by atoms with E-state index in [0.29, 0.717) is 0 Å². The summed E-state index contributed by atoms with van der Waals surface area (Å²) in [6.07, 6.45) is 1.59. The first-order chi connectivity index (χ1) is 11.9. The minimum atomic E-state index is -1.83. The van der Waals surface area contributed by atoms with Crippen molar-refractivity contribution < 1.29 is 14.0 Å². The molecule has 1 aromatic heterocycles. The Labute approximate surface area is 162 Å². The van der Waals surface area contributed by atoms with Gasteiger partial charge >= 0.3 is 5.97 Å². The summed E-state index contributed by atoms with van der Waals surface area (Å²) in [6, 6.07) is 8.04. The van der Waals surface area contributed by atoms with Crippen LogP contribution in [0.25, 0.3) is 10.1 Å². The number of carbonyl (C=O) groups excluding carboxylic acids is 1. The Morgan fingerprint density at radius 1 is 1.27 bits per heavy atom. The van der Waals surface area contributed by atoms with Crippen molar-refractivity contribution in [2.45, 2.75) is 70.4 Å². The average molecular weight is 386 g/mol. The van der Waals surface area contributed by atoms with Crippen molar-refractivity contribution in [3.8, 4) is 0 Å². The molecule has 3 nitrogen and oxygen atoms in total. The Morgan fingerprint density at radius 2 is 1.92 bits per heavy atom. The van der Waals surface area contributed by atoms with Crippen LogP contribution in [0, 0.1) is 0 Å². The maximum absolute atomic E-state index is 11.8. The molecule has 1 saturated carbocycles. The molecule has 0 spiro atoms. The first-order valence-electron chi connectivity index (χ1n) is 9.09. The zero-order valence-corrected chi connectivity index (χ0v) is 18.3. The Balaban J connectivity index is 1.84. The van der Waals surface area contributed by atoms with Crippen LogP contribution in [0.2, 0.25) is 18.1 Å². The van der Waals surface area contributed by atoms with Crippen molar-refractivity contribution in [2.75, 3.05) is 0 Å². The molecule has 1 heterocycles. The van der Waals surface area contributed by atoms with E-state index in [1.165, 1.54) is 6.92 Å². The molecule has 0 unspecified atom stereocenters. The van der Waals surface area contributed by atoms with Gasteiger partial charge in [0.15, 0.2) is 13.9 Å². The molecule has 0 amide bonds. The molecule has 0 aliphatic heterocycles. The minimum absolute atomic E-state index is 0.144. The fourth-order valence-electron chi connectivity index (χ4n) is 3.23. The quantitative estimate of drug-likeness (QED) is 0.567. The monoisotopic (exact) mass is 386 g/mol. The van der Waals surface area contributed by atoms with Gasteiger partial charge in [0.2, 0.25) is 0 Å². The number of ether oxygens (including phenoxy) is 1. The summed E-state index contributed by atoms with van der Waals surface area (Å²) in [7, 11) is 4.07. The second-order valence-corrected chi connectivity index (χ2v) is 14.7. The second-order valence-electron chi connectivity index (χ2n) is 8.90. The molecule has 3 rings (SSSR count). The SMILES string of the molecule is [B]c1ccc2cc(C3(OC(C)=O)CC(O[Si](C)(C)C(C)(C)C)C3)sc2c1. The lowest BCUT2D eigenvalue weighted by molar-refractivity contribution is -0.182. The van der Waals surface area contributed by atoms with E-state index in [0.717, 1.165) is 33.3 Å². The van der Waals surface area contributed by atoms with Gasteiger partial charge < -0.3 is 9.16 Å². The van der Waals surface area contributed by atoms with Gasteiger partial charge in [-0.05, 0) is 29.6 Å². The van der Waals surface area contributed by atoms with Crippen molar-refractivity contribution in [1.82, 2.24) is 0 Å². The van der Waals surface area contributed by atoms with Crippen molar-refractivity contribution in [3.05, 3.63) is 29.1 Å². The lowest BCUT2D eigenvalue weighted by atomic mass is 9.76. The minimum Gasteiger partial charge on any atom is -0.453 e. The van der Waals surface area contributed by atoms with E-state index < -0.39 is 13.9 Å². The predicted octanol–water partition coefficient (Wildman–Crippen LogP) is 4.64. The Hall–Kier alpha value is -1.11. The van der Waals surface area contributed by atoms with E-state index in [9.17, 15) is 4.79 Å². The predicted molar refractivity (Wildman–Crippen MR) is 112 cm³/mol. The van der Waals surface area contributed by atoms with Gasteiger partial charge in [-0.15, -0.1) is 11.3 Å². The first-order valence-corrected chi connectivity index (χ1v) is 12.8. The van der Waals surface area contributed by atoms with Gasteiger partial charge in [0.05, 0.1) is 6.10 Å². The summed E-state index contributed by atoms with van der Waals surface area (Å²) < 4.78 is 13.5. The van der Waals surface area contributed by atoms with Crippen LogP contribution >= 0.6 is 11.3 Å². The third kappa shape index (κ3) is 3.64. The van der Waals surface area contributed by atoms with Gasteiger partial charge in [-0.25, -0.2) is 0 Å². The molecule has 26 heavy (non-hydrogen) atoms. The molecule has 1 aliphatic carbocycles. The topological polar surface area (TPSA) is 35.5 Å². The number of benzene rings is 1. The molecule has 138 valence electrons. The molecule has 0 atom stereocenters. The van der Waals surface area contributed by atoms with E-state index in [1.807, 2.05) is 18.2 Å². The van der Waals surface area contributed by atoms with Gasteiger partial charge in [-0.2, -0.15) is 0 Å². The fraction of sp³-hybridized carbons (Fsp3) is 0.550. The van der Waals surface area contributed by atoms with Crippen LogP contribution in [0.3, 0.4) is 0 Å². The molecule has 1 aliphatic rings. The Bertz CT molecular complexity index is 831. The average Bonchev–Trinajstić information content (AvgIpc) is 2.85. The molecule has 6 heteroatoms. The number of esters is 1. The number of hydrogen-bond donors (Lipinski definition) is 0. The maximum Gasteiger partial charge on any atom is 0.303 e. The van der Waals surface area contributed by atoms with Crippen LogP contribution in [-0.4, -0.2) is 28.2 Å². The van der Waals surface area contributed by atoms with Crippen LogP contribution in [0.5, 0.6) is 0 Å². The van der Waals surface area contributed by atoms with Gasteiger partial charge in [0.1, 0.15) is 7.85 Å². The van der Waals surface area contributed by atoms with E-state index in [-0.39, 0.29) is 17.1 Å². The number of fused-ring (bicyclic) bond motifs is 1. The smallest absolute Gasteiger partial charge is 0.303 e. The zero-order chi connectivity index (χ0) is 19.3.